The Hall–Kier alpha value is -2.93. The van der Waals surface area contributed by atoms with Crippen LogP contribution in [-0.2, 0) is 7.05 Å². The minimum Gasteiger partial charge on any atom is -0.486 e. The zero-order valence-electron chi connectivity index (χ0n) is 15.1. The van der Waals surface area contributed by atoms with Crippen molar-refractivity contribution >= 4 is 17.2 Å². The molecule has 0 radical (unpaired) electrons. The van der Waals surface area contributed by atoms with E-state index in [2.05, 4.69) is 4.98 Å². The summed E-state index contributed by atoms with van der Waals surface area (Å²) in [5, 5.41) is 2.63. The van der Waals surface area contributed by atoms with E-state index in [1.165, 1.54) is 17.4 Å². The van der Waals surface area contributed by atoms with Gasteiger partial charge in [0, 0.05) is 29.8 Å². The molecule has 0 aliphatic carbocycles. The lowest BCUT2D eigenvalue weighted by atomic mass is 10.1. The van der Waals surface area contributed by atoms with Gasteiger partial charge in [0.2, 0.25) is 0 Å². The van der Waals surface area contributed by atoms with E-state index in [9.17, 15) is 9.59 Å². The number of thiazole rings is 1. The zero-order chi connectivity index (χ0) is 19.0. The molecule has 6 nitrogen and oxygen atoms in total. The maximum Gasteiger partial charge on any atom is 0.273 e. The van der Waals surface area contributed by atoms with Crippen molar-refractivity contribution in [3.63, 3.8) is 0 Å². The van der Waals surface area contributed by atoms with E-state index < -0.39 is 0 Å². The summed E-state index contributed by atoms with van der Waals surface area (Å²) in [6.07, 6.45) is -0.104. The Labute approximate surface area is 160 Å². The number of likely N-dealkylation sites (tertiary alicyclic amines) is 1. The van der Waals surface area contributed by atoms with Crippen molar-refractivity contribution in [2.24, 2.45) is 7.05 Å². The predicted molar refractivity (Wildman–Crippen MR) is 104 cm³/mol. The van der Waals surface area contributed by atoms with Crippen LogP contribution >= 0.6 is 11.3 Å². The number of ether oxygens (including phenoxy) is 1. The van der Waals surface area contributed by atoms with Crippen molar-refractivity contribution < 1.29 is 9.53 Å². The monoisotopic (exact) mass is 381 g/mol. The molecule has 1 saturated heterocycles. The highest BCUT2D eigenvalue weighted by Gasteiger charge is 2.34. The van der Waals surface area contributed by atoms with Gasteiger partial charge in [0.15, 0.2) is 0 Å². The molecule has 0 saturated carbocycles. The second-order valence-corrected chi connectivity index (χ2v) is 7.44. The van der Waals surface area contributed by atoms with Crippen LogP contribution in [0, 0.1) is 6.92 Å². The summed E-state index contributed by atoms with van der Waals surface area (Å²) >= 11 is 1.46. The SMILES string of the molecule is Cc1cc(OC2CN(C(=O)c3csc(-c4ccccc4)n3)C2)cc(=O)n1C. The van der Waals surface area contributed by atoms with E-state index in [1.54, 1.807) is 21.9 Å². The molecule has 1 aliphatic heterocycles. The Kier molecular flexibility index (Phi) is 4.53. The summed E-state index contributed by atoms with van der Waals surface area (Å²) < 4.78 is 7.40. The van der Waals surface area contributed by atoms with Gasteiger partial charge in [-0.25, -0.2) is 4.98 Å². The predicted octanol–water partition coefficient (Wildman–Crippen LogP) is 2.72. The van der Waals surface area contributed by atoms with Gasteiger partial charge in [-0.3, -0.25) is 9.59 Å². The van der Waals surface area contributed by atoms with Crippen LogP contribution in [-0.4, -0.2) is 39.6 Å². The van der Waals surface area contributed by atoms with E-state index in [0.717, 1.165) is 16.3 Å². The molecule has 1 amide bonds. The maximum absolute atomic E-state index is 12.6. The molecule has 3 aromatic rings. The van der Waals surface area contributed by atoms with Gasteiger partial charge in [-0.05, 0) is 13.0 Å². The Morgan fingerprint density at radius 3 is 2.67 bits per heavy atom. The van der Waals surface area contributed by atoms with Crippen LogP contribution in [0.2, 0.25) is 0 Å². The number of aryl methyl sites for hydroxylation is 1. The van der Waals surface area contributed by atoms with E-state index in [-0.39, 0.29) is 17.6 Å². The molecule has 2 aromatic heterocycles. The number of carbonyl (C=O) groups excluding carboxylic acids is 1. The summed E-state index contributed by atoms with van der Waals surface area (Å²) in [6.45, 7) is 2.84. The van der Waals surface area contributed by atoms with Crippen LogP contribution in [0.25, 0.3) is 10.6 Å². The quantitative estimate of drug-likeness (QED) is 0.697. The lowest BCUT2D eigenvalue weighted by Gasteiger charge is -2.38. The Morgan fingerprint density at radius 2 is 1.96 bits per heavy atom. The smallest absolute Gasteiger partial charge is 0.273 e. The largest absolute Gasteiger partial charge is 0.486 e. The van der Waals surface area contributed by atoms with Crippen molar-refractivity contribution in [2.45, 2.75) is 13.0 Å². The van der Waals surface area contributed by atoms with E-state index in [0.29, 0.717) is 24.5 Å². The first-order valence-corrected chi connectivity index (χ1v) is 9.54. The molecule has 0 spiro atoms. The maximum atomic E-state index is 12.6. The highest BCUT2D eigenvalue weighted by molar-refractivity contribution is 7.13. The van der Waals surface area contributed by atoms with E-state index >= 15 is 0 Å². The number of benzene rings is 1. The Morgan fingerprint density at radius 1 is 1.22 bits per heavy atom. The molecule has 0 unspecified atom stereocenters. The summed E-state index contributed by atoms with van der Waals surface area (Å²) in [5.74, 6) is 0.459. The molecule has 3 heterocycles. The van der Waals surface area contributed by atoms with Crippen molar-refractivity contribution in [1.82, 2.24) is 14.5 Å². The van der Waals surface area contributed by atoms with E-state index in [4.69, 9.17) is 4.74 Å². The number of pyridine rings is 1. The van der Waals surface area contributed by atoms with Crippen molar-refractivity contribution in [1.29, 1.82) is 0 Å². The Balaban J connectivity index is 1.38. The van der Waals surface area contributed by atoms with Crippen LogP contribution in [0.3, 0.4) is 0 Å². The molecule has 0 bridgehead atoms. The summed E-state index contributed by atoms with van der Waals surface area (Å²) in [4.78, 5) is 30.6. The van der Waals surface area contributed by atoms with Gasteiger partial charge in [-0.15, -0.1) is 11.3 Å². The van der Waals surface area contributed by atoms with Crippen LogP contribution in [0.4, 0.5) is 0 Å². The highest BCUT2D eigenvalue weighted by atomic mass is 32.1. The van der Waals surface area contributed by atoms with Crippen LogP contribution in [0.15, 0.2) is 52.6 Å². The molecule has 27 heavy (non-hydrogen) atoms. The summed E-state index contributed by atoms with van der Waals surface area (Å²) in [5.41, 5.74) is 2.20. The first-order chi connectivity index (χ1) is 13.0. The van der Waals surface area contributed by atoms with Crippen molar-refractivity contribution in [2.75, 3.05) is 13.1 Å². The van der Waals surface area contributed by atoms with Gasteiger partial charge in [0.05, 0.1) is 13.1 Å². The fourth-order valence-corrected chi connectivity index (χ4v) is 3.72. The van der Waals surface area contributed by atoms with Gasteiger partial charge >= 0.3 is 0 Å². The van der Waals surface area contributed by atoms with Gasteiger partial charge in [0.25, 0.3) is 11.5 Å². The number of aromatic nitrogens is 2. The average Bonchev–Trinajstić information content (AvgIpc) is 3.13. The molecule has 0 N–H and O–H groups in total. The van der Waals surface area contributed by atoms with Gasteiger partial charge in [0.1, 0.15) is 22.6 Å². The molecule has 1 aliphatic rings. The Bertz CT molecular complexity index is 1040. The standard InChI is InChI=1S/C20H19N3O3S/c1-13-8-15(9-18(24)22(13)2)26-16-10-23(11-16)20(25)17-12-27-19(21-17)14-6-4-3-5-7-14/h3-9,12,16H,10-11H2,1-2H3. The molecular formula is C20H19N3O3S. The third-order valence-electron chi connectivity index (χ3n) is 4.66. The summed E-state index contributed by atoms with van der Waals surface area (Å²) in [7, 11) is 1.72. The number of nitrogens with zero attached hydrogens (tertiary/aromatic N) is 3. The van der Waals surface area contributed by atoms with Crippen LogP contribution < -0.4 is 10.3 Å². The zero-order valence-corrected chi connectivity index (χ0v) is 15.9. The number of hydrogen-bond donors (Lipinski definition) is 0. The molecule has 4 rings (SSSR count). The minimum absolute atomic E-state index is 0.0894. The first kappa shape index (κ1) is 17.5. The number of carbonyl (C=O) groups is 1. The molecular weight excluding hydrogens is 362 g/mol. The molecule has 0 atom stereocenters. The van der Waals surface area contributed by atoms with E-state index in [1.807, 2.05) is 43.3 Å². The van der Waals surface area contributed by atoms with Gasteiger partial charge < -0.3 is 14.2 Å². The summed E-state index contributed by atoms with van der Waals surface area (Å²) in [6, 6.07) is 13.1. The average molecular weight is 381 g/mol. The first-order valence-electron chi connectivity index (χ1n) is 8.66. The normalized spacial score (nSPS) is 14.1. The lowest BCUT2D eigenvalue weighted by molar-refractivity contribution is 0.0173. The van der Waals surface area contributed by atoms with Crippen molar-refractivity contribution in [3.8, 4) is 16.3 Å². The van der Waals surface area contributed by atoms with Crippen LogP contribution in [0.1, 0.15) is 16.2 Å². The molecule has 1 aromatic carbocycles. The molecule has 138 valence electrons. The van der Waals surface area contributed by atoms with Crippen molar-refractivity contribution in [3.05, 3.63) is 69.6 Å². The lowest BCUT2D eigenvalue weighted by Crippen LogP contribution is -2.56. The third-order valence-corrected chi connectivity index (χ3v) is 5.55. The second kappa shape index (κ2) is 7.00. The number of amides is 1. The van der Waals surface area contributed by atoms with Gasteiger partial charge in [-0.2, -0.15) is 0 Å². The minimum atomic E-state index is -0.104. The molecule has 1 fully saturated rings. The van der Waals surface area contributed by atoms with Crippen LogP contribution in [0.5, 0.6) is 5.75 Å². The fraction of sp³-hybridized carbons (Fsp3) is 0.250. The number of hydrogen-bond acceptors (Lipinski definition) is 5. The molecule has 7 heteroatoms. The fourth-order valence-electron chi connectivity index (χ4n) is 2.92. The topological polar surface area (TPSA) is 64.4 Å². The highest BCUT2D eigenvalue weighted by Crippen LogP contribution is 2.25. The van der Waals surface area contributed by atoms with Gasteiger partial charge in [-0.1, -0.05) is 30.3 Å². The second-order valence-electron chi connectivity index (χ2n) is 6.58. The third kappa shape index (κ3) is 3.50. The number of rotatable bonds is 4.